The first-order chi connectivity index (χ1) is 7.97. The predicted molar refractivity (Wildman–Crippen MR) is 67.3 cm³/mol. The minimum Gasteiger partial charge on any atom is -0.256 e. The van der Waals surface area contributed by atoms with Crippen LogP contribution in [0.25, 0.3) is 11.3 Å². The molecule has 1 heteroatoms. The quantitative estimate of drug-likeness (QED) is 0.691. The number of aromatic nitrogens is 1. The predicted octanol–water partition coefficient (Wildman–Crippen LogP) is 3.87. The zero-order valence-corrected chi connectivity index (χ0v) is 8.95. The van der Waals surface area contributed by atoms with Gasteiger partial charge in [0.2, 0.25) is 0 Å². The molecule has 0 aliphatic rings. The second-order valence-electron chi connectivity index (χ2n) is 3.35. The number of nitrogens with zero attached hydrogens (tertiary/aromatic N) is 1. The summed E-state index contributed by atoms with van der Waals surface area (Å²) in [4.78, 5) is 4.42. The van der Waals surface area contributed by atoms with Gasteiger partial charge >= 0.3 is 0 Å². The molecule has 2 rings (SSSR count). The lowest BCUT2D eigenvalue weighted by Gasteiger charge is -1.96. The standard InChI is InChI=1S/C15H13N/c1-2-4-9-13-16-15(12-8-3-1)14-10-6-5-7-11-14/h1-13H. The number of rotatable bonds is 1. The van der Waals surface area contributed by atoms with Crippen LogP contribution in [0.5, 0.6) is 0 Å². The molecule has 1 aromatic heterocycles. The Morgan fingerprint density at radius 3 is 1.94 bits per heavy atom. The fraction of sp³-hybridized carbons (Fsp3) is 0. The first-order valence-corrected chi connectivity index (χ1v) is 5.26. The van der Waals surface area contributed by atoms with Gasteiger partial charge in [-0.1, -0.05) is 60.7 Å². The second-order valence-corrected chi connectivity index (χ2v) is 3.35. The molecule has 0 atom stereocenters. The number of hydrogen-bond donors (Lipinski definition) is 0. The zero-order chi connectivity index (χ0) is 11.1. The maximum absolute atomic E-state index is 4.42. The molecule has 0 saturated heterocycles. The highest BCUT2D eigenvalue weighted by molar-refractivity contribution is 5.57. The van der Waals surface area contributed by atoms with Crippen molar-refractivity contribution in [2.45, 2.75) is 0 Å². The second kappa shape index (κ2) is 5.66. The Hall–Kier alpha value is -2.15. The van der Waals surface area contributed by atoms with Crippen molar-refractivity contribution in [2.75, 3.05) is 0 Å². The van der Waals surface area contributed by atoms with Crippen LogP contribution in [0.3, 0.4) is 0 Å². The third kappa shape index (κ3) is 2.92. The number of hydrogen-bond acceptors (Lipinski definition) is 1. The van der Waals surface area contributed by atoms with Crippen molar-refractivity contribution in [3.8, 4) is 11.3 Å². The van der Waals surface area contributed by atoms with E-state index in [2.05, 4.69) is 17.1 Å². The lowest BCUT2D eigenvalue weighted by atomic mass is 10.1. The number of benzene rings is 1. The normalized spacial score (nSPS) is 9.25. The molecule has 0 unspecified atom stereocenters. The van der Waals surface area contributed by atoms with E-state index >= 15 is 0 Å². The van der Waals surface area contributed by atoms with E-state index in [1.165, 1.54) is 0 Å². The van der Waals surface area contributed by atoms with Crippen LogP contribution in [0.2, 0.25) is 0 Å². The maximum Gasteiger partial charge on any atom is 0.0701 e. The summed E-state index contributed by atoms with van der Waals surface area (Å²) in [5, 5.41) is 0. The summed E-state index contributed by atoms with van der Waals surface area (Å²) in [6, 6.07) is 24.0. The molecule has 1 aromatic carbocycles. The van der Waals surface area contributed by atoms with Gasteiger partial charge in [-0.15, -0.1) is 0 Å². The Balaban J connectivity index is 2.50. The molecular formula is C15H13N. The van der Waals surface area contributed by atoms with Crippen LogP contribution < -0.4 is 0 Å². The third-order valence-electron chi connectivity index (χ3n) is 2.18. The SMILES string of the molecule is c1ccccc(-c2ccccc2)nccc1. The van der Waals surface area contributed by atoms with E-state index in [0.717, 1.165) is 11.3 Å². The molecule has 0 saturated carbocycles. The summed E-state index contributed by atoms with van der Waals surface area (Å²) in [6.45, 7) is 0. The Bertz CT molecular complexity index is 465. The first kappa shape index (κ1) is 10.4. The highest BCUT2D eigenvalue weighted by Crippen LogP contribution is 2.13. The maximum atomic E-state index is 4.42. The van der Waals surface area contributed by atoms with Gasteiger partial charge < -0.3 is 0 Å². The van der Waals surface area contributed by atoms with Crippen LogP contribution in [-0.4, -0.2) is 4.98 Å². The van der Waals surface area contributed by atoms with Crippen molar-refractivity contribution in [1.29, 1.82) is 0 Å². The van der Waals surface area contributed by atoms with E-state index < -0.39 is 0 Å². The first-order valence-electron chi connectivity index (χ1n) is 5.26. The molecule has 2 aromatic rings. The van der Waals surface area contributed by atoms with E-state index in [1.807, 2.05) is 66.9 Å². The molecule has 1 nitrogen and oxygen atoms in total. The van der Waals surface area contributed by atoms with Crippen molar-refractivity contribution in [3.63, 3.8) is 0 Å². The van der Waals surface area contributed by atoms with Crippen molar-refractivity contribution in [2.24, 2.45) is 0 Å². The van der Waals surface area contributed by atoms with E-state index in [-0.39, 0.29) is 0 Å². The smallest absolute Gasteiger partial charge is 0.0701 e. The molecule has 0 N–H and O–H groups in total. The Kier molecular flexibility index (Phi) is 3.67. The van der Waals surface area contributed by atoms with Crippen LogP contribution in [0.15, 0.2) is 79.0 Å². The van der Waals surface area contributed by atoms with E-state index in [1.54, 1.807) is 0 Å². The fourth-order valence-electron chi connectivity index (χ4n) is 1.40. The minimum atomic E-state index is 0.969. The summed E-state index contributed by atoms with van der Waals surface area (Å²) in [5.41, 5.74) is 2.10. The van der Waals surface area contributed by atoms with Crippen LogP contribution in [0, 0.1) is 0 Å². The average molecular weight is 207 g/mol. The zero-order valence-electron chi connectivity index (χ0n) is 8.95. The topological polar surface area (TPSA) is 12.9 Å². The molecule has 0 radical (unpaired) electrons. The van der Waals surface area contributed by atoms with Crippen LogP contribution in [0.1, 0.15) is 0 Å². The van der Waals surface area contributed by atoms with Crippen LogP contribution in [-0.2, 0) is 0 Å². The lowest BCUT2D eigenvalue weighted by molar-refractivity contribution is 1.35. The van der Waals surface area contributed by atoms with Gasteiger partial charge in [0.05, 0.1) is 5.69 Å². The highest BCUT2D eigenvalue weighted by Gasteiger charge is 1.92. The Morgan fingerprint density at radius 1 is 0.562 bits per heavy atom. The molecule has 1 heterocycles. The summed E-state index contributed by atoms with van der Waals surface area (Å²) in [5.74, 6) is 0. The summed E-state index contributed by atoms with van der Waals surface area (Å²) < 4.78 is 0. The van der Waals surface area contributed by atoms with Gasteiger partial charge in [-0.2, -0.15) is 0 Å². The molecule has 16 heavy (non-hydrogen) atoms. The van der Waals surface area contributed by atoms with Crippen molar-refractivity contribution >= 4 is 0 Å². The van der Waals surface area contributed by atoms with Gasteiger partial charge in [0, 0.05) is 11.8 Å². The third-order valence-corrected chi connectivity index (χ3v) is 2.18. The molecule has 0 spiro atoms. The summed E-state index contributed by atoms with van der Waals surface area (Å²) >= 11 is 0. The van der Waals surface area contributed by atoms with Crippen LogP contribution in [0.4, 0.5) is 0 Å². The van der Waals surface area contributed by atoms with Gasteiger partial charge in [0.15, 0.2) is 0 Å². The highest BCUT2D eigenvalue weighted by atomic mass is 14.6. The monoisotopic (exact) mass is 207 g/mol. The Labute approximate surface area is 95.8 Å². The largest absolute Gasteiger partial charge is 0.256 e. The van der Waals surface area contributed by atoms with Crippen LogP contribution >= 0.6 is 0 Å². The average Bonchev–Trinajstić information content (AvgIpc) is 2.37. The molecule has 0 aliphatic carbocycles. The van der Waals surface area contributed by atoms with Gasteiger partial charge in [-0.05, 0) is 12.1 Å². The molecule has 0 fully saturated rings. The van der Waals surface area contributed by atoms with Crippen molar-refractivity contribution in [3.05, 3.63) is 79.0 Å². The molecule has 0 bridgehead atoms. The van der Waals surface area contributed by atoms with Crippen molar-refractivity contribution < 1.29 is 0 Å². The van der Waals surface area contributed by atoms with Gasteiger partial charge in [-0.3, -0.25) is 4.98 Å². The molecule has 78 valence electrons. The Morgan fingerprint density at radius 2 is 1.12 bits per heavy atom. The van der Waals surface area contributed by atoms with E-state index in [0.29, 0.717) is 0 Å². The molecule has 0 amide bonds. The van der Waals surface area contributed by atoms with Crippen molar-refractivity contribution in [1.82, 2.24) is 4.98 Å². The summed E-state index contributed by atoms with van der Waals surface area (Å²) in [7, 11) is 0. The molecule has 0 aliphatic heterocycles. The molecular weight excluding hydrogens is 194 g/mol. The summed E-state index contributed by atoms with van der Waals surface area (Å²) in [6.07, 6.45) is 1.81. The van der Waals surface area contributed by atoms with E-state index in [9.17, 15) is 0 Å². The fourth-order valence-corrected chi connectivity index (χ4v) is 1.40. The lowest BCUT2D eigenvalue weighted by Crippen LogP contribution is -1.77. The van der Waals surface area contributed by atoms with Gasteiger partial charge in [0.1, 0.15) is 0 Å². The van der Waals surface area contributed by atoms with E-state index in [4.69, 9.17) is 0 Å². The minimum absolute atomic E-state index is 0.969. The van der Waals surface area contributed by atoms with Gasteiger partial charge in [0.25, 0.3) is 0 Å². The van der Waals surface area contributed by atoms with Gasteiger partial charge in [-0.25, -0.2) is 0 Å².